The molecule has 0 radical (unpaired) electrons. The fourth-order valence-corrected chi connectivity index (χ4v) is 3.83. The van der Waals surface area contributed by atoms with Gasteiger partial charge in [0.1, 0.15) is 5.82 Å². The number of likely N-dealkylation sites (tertiary alicyclic amines) is 1. The topological polar surface area (TPSA) is 40.6 Å². The summed E-state index contributed by atoms with van der Waals surface area (Å²) in [5.41, 5.74) is 2.06. The van der Waals surface area contributed by atoms with E-state index in [0.29, 0.717) is 24.2 Å². The number of hydrogen-bond donors (Lipinski definition) is 0. The second-order valence-corrected chi connectivity index (χ2v) is 6.55. The van der Waals surface area contributed by atoms with E-state index in [1.54, 1.807) is 24.3 Å². The molecule has 0 aliphatic carbocycles. The molecule has 2 heterocycles. The summed E-state index contributed by atoms with van der Waals surface area (Å²) < 4.78 is 13.1. The summed E-state index contributed by atoms with van der Waals surface area (Å²) in [7, 11) is 0. The third-order valence-electron chi connectivity index (χ3n) is 5.11. The van der Waals surface area contributed by atoms with Crippen molar-refractivity contribution in [3.63, 3.8) is 0 Å². The summed E-state index contributed by atoms with van der Waals surface area (Å²) in [6.07, 6.45) is 2.07. The van der Waals surface area contributed by atoms with Gasteiger partial charge in [0, 0.05) is 19.1 Å². The van der Waals surface area contributed by atoms with Crippen molar-refractivity contribution in [1.29, 1.82) is 0 Å². The van der Waals surface area contributed by atoms with Gasteiger partial charge in [0.25, 0.3) is 11.8 Å². The van der Waals surface area contributed by atoms with Gasteiger partial charge in [-0.05, 0) is 49.2 Å². The van der Waals surface area contributed by atoms with Gasteiger partial charge in [-0.1, -0.05) is 24.3 Å². The standard InChI is InChI=1S/C20H19FN2O2/c21-15-9-7-14(8-10-15)18-6-3-11-22(18)12-13-23-19(24)16-4-1-2-5-17(16)20(23)25/h1-2,4-5,7-10,18H,3,6,11-13H2. The van der Waals surface area contributed by atoms with Crippen LogP contribution in [0.15, 0.2) is 48.5 Å². The molecule has 4 rings (SSSR count). The lowest BCUT2D eigenvalue weighted by Gasteiger charge is -2.26. The van der Waals surface area contributed by atoms with Gasteiger partial charge in [-0.3, -0.25) is 19.4 Å². The minimum absolute atomic E-state index is 0.210. The number of carbonyl (C=O) groups excluding carboxylic acids is 2. The molecule has 0 spiro atoms. The van der Waals surface area contributed by atoms with E-state index in [1.807, 2.05) is 12.1 Å². The Hall–Kier alpha value is -2.53. The van der Waals surface area contributed by atoms with Crippen LogP contribution in [0.1, 0.15) is 45.2 Å². The number of imide groups is 1. The largest absolute Gasteiger partial charge is 0.295 e. The molecule has 1 atom stereocenters. The normalized spacial score (nSPS) is 20.4. The molecule has 0 N–H and O–H groups in total. The Morgan fingerprint density at radius 1 is 0.920 bits per heavy atom. The highest BCUT2D eigenvalue weighted by molar-refractivity contribution is 6.21. The van der Waals surface area contributed by atoms with E-state index in [-0.39, 0.29) is 23.7 Å². The zero-order valence-corrected chi connectivity index (χ0v) is 13.8. The molecule has 5 heteroatoms. The van der Waals surface area contributed by atoms with Crippen LogP contribution in [0.3, 0.4) is 0 Å². The Bertz CT molecular complexity index is 784. The van der Waals surface area contributed by atoms with Gasteiger partial charge in [-0.25, -0.2) is 4.39 Å². The van der Waals surface area contributed by atoms with Crippen LogP contribution in [-0.2, 0) is 0 Å². The zero-order chi connectivity index (χ0) is 17.4. The number of hydrogen-bond acceptors (Lipinski definition) is 3. The maximum atomic E-state index is 13.1. The number of amides is 2. The number of carbonyl (C=O) groups is 2. The van der Waals surface area contributed by atoms with Gasteiger partial charge >= 0.3 is 0 Å². The number of fused-ring (bicyclic) bond motifs is 1. The van der Waals surface area contributed by atoms with Gasteiger partial charge in [0.2, 0.25) is 0 Å². The Kier molecular flexibility index (Phi) is 4.09. The number of halogens is 1. The van der Waals surface area contributed by atoms with E-state index in [2.05, 4.69) is 4.90 Å². The average molecular weight is 338 g/mol. The highest BCUT2D eigenvalue weighted by Gasteiger charge is 2.36. The smallest absolute Gasteiger partial charge is 0.261 e. The molecule has 2 amide bonds. The number of benzene rings is 2. The Labute approximate surface area is 145 Å². The number of nitrogens with zero attached hydrogens (tertiary/aromatic N) is 2. The van der Waals surface area contributed by atoms with Crippen molar-refractivity contribution in [2.75, 3.05) is 19.6 Å². The first-order valence-corrected chi connectivity index (χ1v) is 8.60. The molecule has 4 nitrogen and oxygen atoms in total. The first-order chi connectivity index (χ1) is 12.1. The molecule has 2 aromatic rings. The van der Waals surface area contributed by atoms with E-state index < -0.39 is 0 Å². The molecule has 2 aliphatic heterocycles. The van der Waals surface area contributed by atoms with Crippen LogP contribution in [0.25, 0.3) is 0 Å². The van der Waals surface area contributed by atoms with Crippen LogP contribution in [0.2, 0.25) is 0 Å². The van der Waals surface area contributed by atoms with Crippen LogP contribution in [0.5, 0.6) is 0 Å². The molecule has 2 aromatic carbocycles. The van der Waals surface area contributed by atoms with Gasteiger partial charge in [0.05, 0.1) is 11.1 Å². The maximum absolute atomic E-state index is 13.1. The maximum Gasteiger partial charge on any atom is 0.261 e. The van der Waals surface area contributed by atoms with Crippen LogP contribution in [-0.4, -0.2) is 41.2 Å². The predicted octanol–water partition coefficient (Wildman–Crippen LogP) is 3.26. The van der Waals surface area contributed by atoms with Gasteiger partial charge in [0.15, 0.2) is 0 Å². The molecule has 0 aromatic heterocycles. The Morgan fingerprint density at radius 2 is 1.56 bits per heavy atom. The fourth-order valence-electron chi connectivity index (χ4n) is 3.83. The molecule has 25 heavy (non-hydrogen) atoms. The van der Waals surface area contributed by atoms with Crippen molar-refractivity contribution in [3.05, 3.63) is 71.0 Å². The highest BCUT2D eigenvalue weighted by Crippen LogP contribution is 2.32. The SMILES string of the molecule is O=C1c2ccccc2C(=O)N1CCN1CCCC1c1ccc(F)cc1. The molecule has 0 bridgehead atoms. The highest BCUT2D eigenvalue weighted by atomic mass is 19.1. The van der Waals surface area contributed by atoms with Crippen molar-refractivity contribution in [3.8, 4) is 0 Å². The van der Waals surface area contributed by atoms with Crippen molar-refractivity contribution < 1.29 is 14.0 Å². The molecule has 128 valence electrons. The van der Waals surface area contributed by atoms with Crippen molar-refractivity contribution in [2.24, 2.45) is 0 Å². The third kappa shape index (κ3) is 2.85. The van der Waals surface area contributed by atoms with Crippen LogP contribution >= 0.6 is 0 Å². The Balaban J connectivity index is 1.45. The Morgan fingerprint density at radius 3 is 2.20 bits per heavy atom. The second kappa shape index (κ2) is 6.41. The van der Waals surface area contributed by atoms with Crippen molar-refractivity contribution in [1.82, 2.24) is 9.80 Å². The van der Waals surface area contributed by atoms with Crippen molar-refractivity contribution in [2.45, 2.75) is 18.9 Å². The molecule has 2 aliphatic rings. The predicted molar refractivity (Wildman–Crippen MR) is 91.8 cm³/mol. The lowest BCUT2D eigenvalue weighted by Crippen LogP contribution is -2.38. The monoisotopic (exact) mass is 338 g/mol. The van der Waals surface area contributed by atoms with E-state index in [0.717, 1.165) is 24.9 Å². The van der Waals surface area contributed by atoms with E-state index >= 15 is 0 Å². The van der Waals surface area contributed by atoms with Gasteiger partial charge in [-0.15, -0.1) is 0 Å². The molecule has 0 saturated carbocycles. The lowest BCUT2D eigenvalue weighted by atomic mass is 10.0. The van der Waals surface area contributed by atoms with E-state index in [9.17, 15) is 14.0 Å². The average Bonchev–Trinajstić information content (AvgIpc) is 3.19. The fraction of sp³-hybridized carbons (Fsp3) is 0.300. The second-order valence-electron chi connectivity index (χ2n) is 6.55. The minimum atomic E-state index is -0.237. The number of rotatable bonds is 4. The summed E-state index contributed by atoms with van der Waals surface area (Å²) in [5.74, 6) is -0.657. The molecular formula is C20H19FN2O2. The zero-order valence-electron chi connectivity index (χ0n) is 13.8. The first-order valence-electron chi connectivity index (χ1n) is 8.60. The molecular weight excluding hydrogens is 319 g/mol. The van der Waals surface area contributed by atoms with Gasteiger partial charge < -0.3 is 0 Å². The summed E-state index contributed by atoms with van der Waals surface area (Å²) in [6, 6.07) is 13.8. The minimum Gasteiger partial charge on any atom is -0.295 e. The van der Waals surface area contributed by atoms with E-state index in [4.69, 9.17) is 0 Å². The summed E-state index contributed by atoms with van der Waals surface area (Å²) in [5, 5.41) is 0. The third-order valence-corrected chi connectivity index (χ3v) is 5.11. The van der Waals surface area contributed by atoms with Crippen LogP contribution in [0.4, 0.5) is 4.39 Å². The quantitative estimate of drug-likeness (QED) is 0.804. The summed E-state index contributed by atoms with van der Waals surface area (Å²) in [4.78, 5) is 28.5. The summed E-state index contributed by atoms with van der Waals surface area (Å²) >= 11 is 0. The molecule has 1 fully saturated rings. The summed E-state index contributed by atoms with van der Waals surface area (Å²) in [6.45, 7) is 1.93. The van der Waals surface area contributed by atoms with Gasteiger partial charge in [-0.2, -0.15) is 0 Å². The van der Waals surface area contributed by atoms with Crippen LogP contribution < -0.4 is 0 Å². The van der Waals surface area contributed by atoms with E-state index in [1.165, 1.54) is 17.0 Å². The first kappa shape index (κ1) is 16.0. The lowest BCUT2D eigenvalue weighted by molar-refractivity contribution is 0.0633. The molecule has 1 saturated heterocycles. The molecule has 1 unspecified atom stereocenters. The van der Waals surface area contributed by atoms with Crippen molar-refractivity contribution >= 4 is 11.8 Å². The van der Waals surface area contributed by atoms with Crippen LogP contribution in [0, 0.1) is 5.82 Å².